The molecule has 0 radical (unpaired) electrons. The van der Waals surface area contributed by atoms with Gasteiger partial charge in [0, 0.05) is 12.5 Å². The molecule has 0 spiro atoms. The molecule has 1 aliphatic carbocycles. The molecule has 2 N–H and O–H groups in total. The molecule has 14 heavy (non-hydrogen) atoms. The number of hydrogen-bond donors (Lipinski definition) is 1. The summed E-state index contributed by atoms with van der Waals surface area (Å²) in [5.74, 6) is 3.43. The molecule has 0 bridgehead atoms. The second kappa shape index (κ2) is 6.90. The molecule has 0 heterocycles. The Hall–Kier alpha value is -0.480. The lowest BCUT2D eigenvalue weighted by molar-refractivity contribution is 0.314. The summed E-state index contributed by atoms with van der Waals surface area (Å²) in [6.07, 6.45) is 16.7. The minimum Gasteiger partial charge on any atom is -0.327 e. The van der Waals surface area contributed by atoms with Crippen molar-refractivity contribution in [1.29, 1.82) is 0 Å². The van der Waals surface area contributed by atoms with Crippen LogP contribution in [0.3, 0.4) is 0 Å². The van der Waals surface area contributed by atoms with Crippen LogP contribution in [0.15, 0.2) is 0 Å². The molecule has 0 aromatic rings. The molecule has 80 valence electrons. The first-order valence-corrected chi connectivity index (χ1v) is 6.03. The highest BCUT2D eigenvalue weighted by molar-refractivity contribution is 4.86. The monoisotopic (exact) mass is 193 g/mol. The Labute approximate surface area is 88.5 Å². The predicted molar refractivity (Wildman–Crippen MR) is 61.9 cm³/mol. The maximum Gasteiger partial charge on any atom is 0.0101 e. The molecular formula is C13H23N. The first kappa shape index (κ1) is 11.6. The molecule has 0 aromatic carbocycles. The van der Waals surface area contributed by atoms with Crippen LogP contribution in [0.4, 0.5) is 0 Å². The van der Waals surface area contributed by atoms with Crippen molar-refractivity contribution < 1.29 is 0 Å². The largest absolute Gasteiger partial charge is 0.327 e. The molecular weight excluding hydrogens is 170 g/mol. The molecule has 0 amide bonds. The molecule has 1 unspecified atom stereocenters. The summed E-state index contributed by atoms with van der Waals surface area (Å²) in [5, 5.41) is 0. The van der Waals surface area contributed by atoms with Gasteiger partial charge in [0.2, 0.25) is 0 Å². The van der Waals surface area contributed by atoms with Crippen LogP contribution < -0.4 is 5.73 Å². The van der Waals surface area contributed by atoms with Gasteiger partial charge in [-0.1, -0.05) is 32.1 Å². The quantitative estimate of drug-likeness (QED) is 0.685. The van der Waals surface area contributed by atoms with Gasteiger partial charge in [0.25, 0.3) is 0 Å². The number of rotatable bonds is 3. The van der Waals surface area contributed by atoms with Crippen LogP contribution in [0.2, 0.25) is 0 Å². The third-order valence-electron chi connectivity index (χ3n) is 3.38. The topological polar surface area (TPSA) is 26.0 Å². The zero-order valence-electron chi connectivity index (χ0n) is 9.17. The molecule has 1 rings (SSSR count). The van der Waals surface area contributed by atoms with Crippen LogP contribution >= 0.6 is 0 Å². The fraction of sp³-hybridized carbons (Fsp3) is 0.846. The molecule has 1 fully saturated rings. The Morgan fingerprint density at radius 3 is 2.29 bits per heavy atom. The fourth-order valence-electron chi connectivity index (χ4n) is 2.40. The lowest BCUT2D eigenvalue weighted by Gasteiger charge is -2.25. The van der Waals surface area contributed by atoms with E-state index in [1.807, 2.05) is 0 Å². The highest BCUT2D eigenvalue weighted by Crippen LogP contribution is 2.25. The Balaban J connectivity index is 2.28. The summed E-state index contributed by atoms with van der Waals surface area (Å²) in [6, 6.07) is 0.351. The van der Waals surface area contributed by atoms with Crippen LogP contribution in [0.5, 0.6) is 0 Å². The van der Waals surface area contributed by atoms with E-state index in [9.17, 15) is 0 Å². The first-order chi connectivity index (χ1) is 6.84. The Bertz CT molecular complexity index is 172. The Morgan fingerprint density at radius 2 is 1.71 bits per heavy atom. The van der Waals surface area contributed by atoms with Gasteiger partial charge in [-0.15, -0.1) is 12.3 Å². The van der Waals surface area contributed by atoms with Gasteiger partial charge >= 0.3 is 0 Å². The highest BCUT2D eigenvalue weighted by atomic mass is 14.6. The summed E-state index contributed by atoms with van der Waals surface area (Å²) in [4.78, 5) is 0. The lowest BCUT2D eigenvalue weighted by Crippen LogP contribution is -2.30. The first-order valence-electron chi connectivity index (χ1n) is 6.03. The molecule has 0 saturated heterocycles. The van der Waals surface area contributed by atoms with Crippen LogP contribution in [-0.4, -0.2) is 6.04 Å². The fourth-order valence-corrected chi connectivity index (χ4v) is 2.40. The average Bonchev–Trinajstić information content (AvgIpc) is 2.13. The summed E-state index contributed by atoms with van der Waals surface area (Å²) in [6.45, 7) is 0. The standard InChI is InChI=1S/C13H23N/c1-2-3-11-13(14)12-9-7-5-4-6-8-10-12/h1,12-13H,3-11,14H2. The Kier molecular flexibility index (Phi) is 5.71. The van der Waals surface area contributed by atoms with Crippen LogP contribution in [0.25, 0.3) is 0 Å². The number of nitrogens with two attached hydrogens (primary N) is 1. The van der Waals surface area contributed by atoms with Gasteiger partial charge in [0.1, 0.15) is 0 Å². The summed E-state index contributed by atoms with van der Waals surface area (Å²) < 4.78 is 0. The number of hydrogen-bond acceptors (Lipinski definition) is 1. The SMILES string of the molecule is C#CCCC(N)C1CCCCCCC1. The minimum absolute atomic E-state index is 0.351. The summed E-state index contributed by atoms with van der Waals surface area (Å²) >= 11 is 0. The minimum atomic E-state index is 0.351. The van der Waals surface area contributed by atoms with Crippen LogP contribution in [0.1, 0.15) is 57.8 Å². The van der Waals surface area contributed by atoms with Gasteiger partial charge in [0.15, 0.2) is 0 Å². The Morgan fingerprint density at radius 1 is 1.14 bits per heavy atom. The van der Waals surface area contributed by atoms with Crippen molar-refractivity contribution in [3.8, 4) is 12.3 Å². The number of terminal acetylenes is 1. The second-order valence-corrected chi connectivity index (χ2v) is 4.51. The molecule has 0 aliphatic heterocycles. The molecule has 0 aromatic heterocycles. The van der Waals surface area contributed by atoms with Gasteiger partial charge in [-0.3, -0.25) is 0 Å². The highest BCUT2D eigenvalue weighted by Gasteiger charge is 2.17. The maximum atomic E-state index is 6.16. The van der Waals surface area contributed by atoms with Crippen molar-refractivity contribution in [1.82, 2.24) is 0 Å². The molecule has 1 saturated carbocycles. The lowest BCUT2D eigenvalue weighted by atomic mass is 9.84. The molecule has 1 nitrogen and oxygen atoms in total. The summed E-state index contributed by atoms with van der Waals surface area (Å²) in [5.41, 5.74) is 6.16. The van der Waals surface area contributed by atoms with Gasteiger partial charge in [-0.2, -0.15) is 0 Å². The smallest absolute Gasteiger partial charge is 0.0101 e. The zero-order valence-corrected chi connectivity index (χ0v) is 9.17. The third kappa shape index (κ3) is 4.15. The predicted octanol–water partition coefficient (Wildman–Crippen LogP) is 3.09. The van der Waals surface area contributed by atoms with E-state index in [1.54, 1.807) is 0 Å². The second-order valence-electron chi connectivity index (χ2n) is 4.51. The van der Waals surface area contributed by atoms with Gasteiger partial charge in [-0.05, 0) is 25.2 Å². The van der Waals surface area contributed by atoms with E-state index in [-0.39, 0.29) is 0 Å². The van der Waals surface area contributed by atoms with Crippen molar-refractivity contribution in [3.05, 3.63) is 0 Å². The molecule has 1 atom stereocenters. The third-order valence-corrected chi connectivity index (χ3v) is 3.38. The van der Waals surface area contributed by atoms with Crippen molar-refractivity contribution in [3.63, 3.8) is 0 Å². The van der Waals surface area contributed by atoms with Gasteiger partial charge in [0.05, 0.1) is 0 Å². The van der Waals surface area contributed by atoms with Crippen molar-refractivity contribution in [2.45, 2.75) is 63.8 Å². The van der Waals surface area contributed by atoms with E-state index in [1.165, 1.54) is 44.9 Å². The molecule has 1 heteroatoms. The van der Waals surface area contributed by atoms with Crippen molar-refractivity contribution in [2.75, 3.05) is 0 Å². The van der Waals surface area contributed by atoms with E-state index in [0.717, 1.165) is 18.8 Å². The summed E-state index contributed by atoms with van der Waals surface area (Å²) in [7, 11) is 0. The van der Waals surface area contributed by atoms with Crippen LogP contribution in [0, 0.1) is 18.3 Å². The van der Waals surface area contributed by atoms with Crippen molar-refractivity contribution in [2.24, 2.45) is 11.7 Å². The zero-order chi connectivity index (χ0) is 10.2. The average molecular weight is 193 g/mol. The van der Waals surface area contributed by atoms with E-state index in [4.69, 9.17) is 12.2 Å². The van der Waals surface area contributed by atoms with Crippen molar-refractivity contribution >= 4 is 0 Å². The van der Waals surface area contributed by atoms with Gasteiger partial charge in [-0.25, -0.2) is 0 Å². The molecule has 1 aliphatic rings. The van der Waals surface area contributed by atoms with E-state index >= 15 is 0 Å². The normalized spacial score (nSPS) is 22.0. The van der Waals surface area contributed by atoms with E-state index in [0.29, 0.717) is 6.04 Å². The maximum absolute atomic E-state index is 6.16. The van der Waals surface area contributed by atoms with Crippen LogP contribution in [-0.2, 0) is 0 Å². The van der Waals surface area contributed by atoms with E-state index < -0.39 is 0 Å². The van der Waals surface area contributed by atoms with Gasteiger partial charge < -0.3 is 5.73 Å². The van der Waals surface area contributed by atoms with E-state index in [2.05, 4.69) is 5.92 Å².